The average molecular weight is 555 g/mol. The number of rotatable bonds is 9. The Hall–Kier alpha value is -3.52. The number of benzene rings is 2. The van der Waals surface area contributed by atoms with Gasteiger partial charge >= 0.3 is 0 Å². The maximum Gasteiger partial charge on any atom is 0.219 e. The van der Waals surface area contributed by atoms with Gasteiger partial charge in [0, 0.05) is 45.4 Å². The number of aromatic hydroxyl groups is 1. The van der Waals surface area contributed by atoms with Gasteiger partial charge in [0.2, 0.25) is 5.91 Å². The molecule has 0 saturated carbocycles. The van der Waals surface area contributed by atoms with Crippen LogP contribution in [0.2, 0.25) is 0 Å². The second kappa shape index (κ2) is 14.1. The molecular weight excluding hydrogens is 518 g/mol. The minimum Gasteiger partial charge on any atom is -0.507 e. The zero-order valence-corrected chi connectivity index (χ0v) is 23.3. The van der Waals surface area contributed by atoms with Gasteiger partial charge in [0.1, 0.15) is 11.6 Å². The first-order chi connectivity index (χ1) is 17.1. The van der Waals surface area contributed by atoms with E-state index in [1.165, 1.54) is 11.3 Å². The van der Waals surface area contributed by atoms with Gasteiger partial charge in [-0.05, 0) is 66.0 Å². The number of aromatic nitrogens is 2. The fourth-order valence-corrected chi connectivity index (χ4v) is 3.48. The zero-order chi connectivity index (χ0) is 26.7. The third kappa shape index (κ3) is 8.61. The fraction of sp³-hybridized carbons (Fsp3) is 0.286. The largest absolute Gasteiger partial charge is 0.507 e. The molecule has 3 aromatic rings. The second-order valence-corrected chi connectivity index (χ2v) is 9.25. The van der Waals surface area contributed by atoms with Gasteiger partial charge < -0.3 is 20.6 Å². The molecule has 2 aromatic carbocycles. The molecule has 0 aliphatic heterocycles. The first-order valence-electron chi connectivity index (χ1n) is 11.7. The zero-order valence-electron chi connectivity index (χ0n) is 21.7. The number of carbonyl (C=O) groups excluding carboxylic acids is 1. The first-order valence-corrected chi connectivity index (χ1v) is 12.5. The molecule has 0 spiro atoms. The first kappa shape index (κ1) is 28.7. The van der Waals surface area contributed by atoms with Gasteiger partial charge in [-0.15, -0.1) is 0 Å². The molecule has 36 heavy (non-hydrogen) atoms. The van der Waals surface area contributed by atoms with Crippen LogP contribution in [0.5, 0.6) is 5.75 Å². The predicted octanol–water partition coefficient (Wildman–Crippen LogP) is 5.67. The van der Waals surface area contributed by atoms with Gasteiger partial charge in [0.25, 0.3) is 0 Å². The van der Waals surface area contributed by atoms with E-state index in [-0.39, 0.29) is 11.7 Å². The number of carbonyl (C=O) groups is 1. The summed E-state index contributed by atoms with van der Waals surface area (Å²) in [4.78, 5) is 13.0. The molecule has 0 atom stereocenters. The topological polar surface area (TPSA) is 82.4 Å². The van der Waals surface area contributed by atoms with Crippen LogP contribution in [0.1, 0.15) is 30.2 Å². The van der Waals surface area contributed by atoms with Gasteiger partial charge in [-0.2, -0.15) is 5.10 Å². The molecule has 0 unspecified atom stereocenters. The SMILES string of the molecule is C=C(/C=C(/NCCCN(C)C(C)=O)n1ncc(Br)c1C)c1ccccc1O.CNc1ccc(C)cc1. The van der Waals surface area contributed by atoms with E-state index in [2.05, 4.69) is 69.4 Å². The molecule has 192 valence electrons. The maximum atomic E-state index is 11.3. The molecule has 0 aliphatic carbocycles. The van der Waals surface area contributed by atoms with Crippen molar-refractivity contribution in [3.05, 3.63) is 88.7 Å². The van der Waals surface area contributed by atoms with Crippen LogP contribution in [0.25, 0.3) is 11.4 Å². The van der Waals surface area contributed by atoms with E-state index >= 15 is 0 Å². The van der Waals surface area contributed by atoms with Crippen molar-refractivity contribution in [1.82, 2.24) is 20.0 Å². The number of hydrogen-bond donors (Lipinski definition) is 3. The number of hydrogen-bond acceptors (Lipinski definition) is 5. The van der Waals surface area contributed by atoms with Gasteiger partial charge in [0.15, 0.2) is 0 Å². The third-order valence-electron chi connectivity index (χ3n) is 5.59. The Balaban J connectivity index is 0.000000425. The molecule has 3 rings (SSSR count). The second-order valence-electron chi connectivity index (χ2n) is 8.40. The lowest BCUT2D eigenvalue weighted by molar-refractivity contribution is -0.127. The highest BCUT2D eigenvalue weighted by Gasteiger charge is 2.11. The number of nitrogens with zero attached hydrogens (tertiary/aromatic N) is 3. The number of amides is 1. The van der Waals surface area contributed by atoms with Crippen molar-refractivity contribution in [2.45, 2.75) is 27.2 Å². The van der Waals surface area contributed by atoms with E-state index in [1.54, 1.807) is 41.9 Å². The summed E-state index contributed by atoms with van der Waals surface area (Å²) in [5, 5.41) is 20.9. The van der Waals surface area contributed by atoms with E-state index in [1.807, 2.05) is 32.2 Å². The van der Waals surface area contributed by atoms with Crippen LogP contribution in [-0.2, 0) is 4.79 Å². The van der Waals surface area contributed by atoms with Crippen molar-refractivity contribution >= 4 is 38.9 Å². The Morgan fingerprint density at radius 2 is 1.86 bits per heavy atom. The number of anilines is 1. The fourth-order valence-electron chi connectivity index (χ4n) is 3.22. The highest BCUT2D eigenvalue weighted by molar-refractivity contribution is 9.10. The summed E-state index contributed by atoms with van der Waals surface area (Å²) in [6.45, 7) is 11.0. The summed E-state index contributed by atoms with van der Waals surface area (Å²) in [7, 11) is 3.71. The normalized spacial score (nSPS) is 10.8. The van der Waals surface area contributed by atoms with E-state index < -0.39 is 0 Å². The highest BCUT2D eigenvalue weighted by atomic mass is 79.9. The van der Waals surface area contributed by atoms with E-state index in [0.717, 1.165) is 22.4 Å². The van der Waals surface area contributed by atoms with Crippen LogP contribution in [0.15, 0.2) is 71.9 Å². The van der Waals surface area contributed by atoms with Crippen molar-refractivity contribution in [2.24, 2.45) is 0 Å². The number of nitrogens with one attached hydrogen (secondary N) is 2. The summed E-state index contributed by atoms with van der Waals surface area (Å²) in [6.07, 6.45) is 4.38. The molecule has 0 fully saturated rings. The number of halogens is 1. The van der Waals surface area contributed by atoms with Gasteiger partial charge in [-0.3, -0.25) is 4.79 Å². The molecule has 3 N–H and O–H groups in total. The molecule has 0 aliphatic rings. The summed E-state index contributed by atoms with van der Waals surface area (Å²) in [6, 6.07) is 15.4. The molecule has 0 bridgehead atoms. The Morgan fingerprint density at radius 3 is 2.42 bits per heavy atom. The lowest BCUT2D eigenvalue weighted by Gasteiger charge is -2.17. The molecule has 1 aromatic heterocycles. The van der Waals surface area contributed by atoms with Crippen LogP contribution in [0.3, 0.4) is 0 Å². The van der Waals surface area contributed by atoms with Gasteiger partial charge in [0.05, 0.1) is 16.4 Å². The van der Waals surface area contributed by atoms with Crippen molar-refractivity contribution in [2.75, 3.05) is 32.5 Å². The van der Waals surface area contributed by atoms with Crippen LogP contribution in [0.4, 0.5) is 5.69 Å². The van der Waals surface area contributed by atoms with Crippen molar-refractivity contribution in [3.63, 3.8) is 0 Å². The summed E-state index contributed by atoms with van der Waals surface area (Å²) < 4.78 is 2.68. The quantitative estimate of drug-likeness (QED) is 0.235. The molecule has 0 radical (unpaired) electrons. The van der Waals surface area contributed by atoms with Crippen molar-refractivity contribution in [3.8, 4) is 5.75 Å². The minimum absolute atomic E-state index is 0.0468. The number of phenolic OH excluding ortho intramolecular Hbond substituents is 1. The maximum absolute atomic E-state index is 11.3. The Morgan fingerprint density at radius 1 is 1.19 bits per heavy atom. The van der Waals surface area contributed by atoms with Crippen LogP contribution in [-0.4, -0.2) is 52.9 Å². The summed E-state index contributed by atoms with van der Waals surface area (Å²) in [5.41, 5.74) is 4.74. The predicted molar refractivity (Wildman–Crippen MR) is 153 cm³/mol. The van der Waals surface area contributed by atoms with Crippen molar-refractivity contribution < 1.29 is 9.90 Å². The van der Waals surface area contributed by atoms with Crippen molar-refractivity contribution in [1.29, 1.82) is 0 Å². The summed E-state index contributed by atoms with van der Waals surface area (Å²) >= 11 is 3.48. The molecule has 8 heteroatoms. The Kier molecular flexibility index (Phi) is 11.3. The smallest absolute Gasteiger partial charge is 0.219 e. The lowest BCUT2D eigenvalue weighted by Crippen LogP contribution is -2.28. The standard InChI is InChI=1S/C20H25BrN4O2.C8H11N/c1-14(17-8-5-6-9-19(17)27)12-20(25-15(2)18(21)13-23-25)22-10-7-11-24(4)16(3)26;1-7-3-5-8(9-2)6-4-7/h5-6,8-9,12-13,22,27H,1,7,10-11H2,2-4H3;3-6,9H,1-2H3/b20-12-;. The summed E-state index contributed by atoms with van der Waals surface area (Å²) in [5.74, 6) is 0.974. The number of aryl methyl sites for hydroxylation is 1. The van der Waals surface area contributed by atoms with E-state index in [0.29, 0.717) is 24.2 Å². The third-order valence-corrected chi connectivity index (χ3v) is 6.37. The highest BCUT2D eigenvalue weighted by Crippen LogP contribution is 2.26. The van der Waals surface area contributed by atoms with E-state index in [4.69, 9.17) is 0 Å². The number of allylic oxidation sites excluding steroid dienone is 2. The Bertz CT molecular complexity index is 1180. The molecule has 1 amide bonds. The molecule has 1 heterocycles. The van der Waals surface area contributed by atoms with Crippen LogP contribution >= 0.6 is 15.9 Å². The monoisotopic (exact) mass is 553 g/mol. The van der Waals surface area contributed by atoms with Gasteiger partial charge in [-0.1, -0.05) is 42.5 Å². The molecule has 7 nitrogen and oxygen atoms in total. The molecule has 0 saturated heterocycles. The number of phenols is 1. The van der Waals surface area contributed by atoms with Crippen LogP contribution in [0, 0.1) is 13.8 Å². The van der Waals surface area contributed by atoms with Gasteiger partial charge in [-0.25, -0.2) is 4.68 Å². The van der Waals surface area contributed by atoms with E-state index in [9.17, 15) is 9.90 Å². The molecular formula is C28H36BrN5O2. The Labute approximate surface area is 222 Å². The number of para-hydroxylation sites is 1. The minimum atomic E-state index is 0.0468. The van der Waals surface area contributed by atoms with Crippen LogP contribution < -0.4 is 10.6 Å². The average Bonchev–Trinajstić information content (AvgIpc) is 3.19. The lowest BCUT2D eigenvalue weighted by atomic mass is 10.1.